The molecule has 1 aliphatic rings. The van der Waals surface area contributed by atoms with Gasteiger partial charge in [-0.3, -0.25) is 19.6 Å². The maximum atomic E-state index is 10.1. The number of hydrogen-bond acceptors (Lipinski definition) is 5. The normalized spacial score (nSPS) is 13.2. The summed E-state index contributed by atoms with van der Waals surface area (Å²) in [7, 11) is 0. The summed E-state index contributed by atoms with van der Waals surface area (Å²) in [4.78, 5) is 37.2. The van der Waals surface area contributed by atoms with E-state index in [1.165, 1.54) is 37.9 Å². The molecule has 1 aromatic heterocycles. The van der Waals surface area contributed by atoms with Crippen molar-refractivity contribution < 1.29 is 14.4 Å². The number of piperidine rings is 1. The first kappa shape index (κ1) is 15.9. The fraction of sp³-hybridized carbons (Fsp3) is 0.417. The van der Waals surface area contributed by atoms with Crippen LogP contribution in [0.5, 0.6) is 0 Å². The van der Waals surface area contributed by atoms with Gasteiger partial charge in [-0.05, 0) is 19.3 Å². The van der Waals surface area contributed by atoms with Crippen LogP contribution in [0.1, 0.15) is 29.8 Å². The van der Waals surface area contributed by atoms with Crippen molar-refractivity contribution in [3.8, 4) is 0 Å². The van der Waals surface area contributed by atoms with E-state index in [1.54, 1.807) is 0 Å². The summed E-state index contributed by atoms with van der Waals surface area (Å²) in [5.74, 6) is 0. The van der Waals surface area contributed by atoms with Crippen molar-refractivity contribution in [1.29, 1.82) is 0 Å². The Morgan fingerprint density at radius 3 is 2.11 bits per heavy atom. The van der Waals surface area contributed by atoms with Gasteiger partial charge in [0, 0.05) is 25.5 Å². The molecule has 0 bridgehead atoms. The number of hydrogen-bond donors (Lipinski definition) is 0. The molecule has 0 aliphatic carbocycles. The Labute approximate surface area is 106 Å². The van der Waals surface area contributed by atoms with Gasteiger partial charge in [0.1, 0.15) is 12.5 Å². The van der Waals surface area contributed by atoms with Crippen molar-refractivity contribution in [2.24, 2.45) is 0 Å². The molecule has 0 radical (unpaired) electrons. The Morgan fingerprint density at radius 1 is 1.11 bits per heavy atom. The van der Waals surface area contributed by atoms with Gasteiger partial charge in [-0.25, -0.2) is 0 Å². The Kier molecular flexibility index (Phi) is 10.0. The van der Waals surface area contributed by atoms with Gasteiger partial charge in [-0.2, -0.15) is 0 Å². The lowest BCUT2D eigenvalue weighted by Gasteiger charge is -2.21. The molecule has 0 atom stereocenters. The van der Waals surface area contributed by atoms with Crippen LogP contribution in [0.25, 0.3) is 0 Å². The molecular formula is C12H17N3O3. The monoisotopic (exact) mass is 251 g/mol. The molecule has 98 valence electrons. The first-order valence-electron chi connectivity index (χ1n) is 5.56. The lowest BCUT2D eigenvalue weighted by molar-refractivity contribution is -0.118. The first-order chi connectivity index (χ1) is 8.86. The van der Waals surface area contributed by atoms with Crippen LogP contribution in [0.15, 0.2) is 18.6 Å². The number of aromatic nitrogens is 2. The molecule has 2 heterocycles. The molecule has 1 amide bonds. The van der Waals surface area contributed by atoms with Crippen molar-refractivity contribution in [3.63, 3.8) is 0 Å². The SMILES string of the molecule is C=O.O=CN1CCCCC1.O=Cc1cnccn1. The highest BCUT2D eigenvalue weighted by Gasteiger charge is 2.05. The molecule has 1 fully saturated rings. The van der Waals surface area contributed by atoms with Crippen LogP contribution in [0.2, 0.25) is 0 Å². The zero-order chi connectivity index (χ0) is 13.6. The average Bonchev–Trinajstić information content (AvgIpc) is 2.51. The maximum absolute atomic E-state index is 10.1. The van der Waals surface area contributed by atoms with Gasteiger partial charge in [0.05, 0.1) is 6.20 Å². The third-order valence-corrected chi connectivity index (χ3v) is 2.24. The Bertz CT molecular complexity index is 327. The molecular weight excluding hydrogens is 234 g/mol. The van der Waals surface area contributed by atoms with Gasteiger partial charge in [0.2, 0.25) is 6.41 Å². The molecule has 0 unspecified atom stereocenters. The second-order valence-corrected chi connectivity index (χ2v) is 3.45. The minimum absolute atomic E-state index is 0.368. The fourth-order valence-corrected chi connectivity index (χ4v) is 1.40. The van der Waals surface area contributed by atoms with E-state index in [9.17, 15) is 9.59 Å². The average molecular weight is 251 g/mol. The molecule has 0 aromatic carbocycles. The number of likely N-dealkylation sites (tertiary alicyclic amines) is 1. The number of rotatable bonds is 2. The van der Waals surface area contributed by atoms with E-state index in [0.717, 1.165) is 19.5 Å². The van der Waals surface area contributed by atoms with Gasteiger partial charge >= 0.3 is 0 Å². The highest BCUT2D eigenvalue weighted by molar-refractivity contribution is 5.70. The number of carbonyl (C=O) groups is 3. The third-order valence-electron chi connectivity index (χ3n) is 2.24. The highest BCUT2D eigenvalue weighted by atomic mass is 16.1. The minimum Gasteiger partial charge on any atom is -0.345 e. The van der Waals surface area contributed by atoms with Gasteiger partial charge < -0.3 is 9.69 Å². The molecule has 6 nitrogen and oxygen atoms in total. The van der Waals surface area contributed by atoms with Crippen molar-refractivity contribution in [3.05, 3.63) is 24.3 Å². The summed E-state index contributed by atoms with van der Waals surface area (Å²) in [6.45, 7) is 3.95. The van der Waals surface area contributed by atoms with Crippen LogP contribution in [0.4, 0.5) is 0 Å². The molecule has 1 aromatic rings. The van der Waals surface area contributed by atoms with E-state index < -0.39 is 0 Å². The zero-order valence-corrected chi connectivity index (χ0v) is 10.2. The molecule has 6 heteroatoms. The lowest BCUT2D eigenvalue weighted by Crippen LogP contribution is -2.27. The molecule has 18 heavy (non-hydrogen) atoms. The predicted octanol–water partition coefficient (Wildman–Crippen LogP) is 0.733. The van der Waals surface area contributed by atoms with E-state index in [0.29, 0.717) is 12.0 Å². The molecule has 0 N–H and O–H groups in total. The van der Waals surface area contributed by atoms with E-state index in [1.807, 2.05) is 11.7 Å². The standard InChI is InChI=1S/C6H11NO.C5H4N2O.CH2O/c8-6-7-4-2-1-3-5-7;8-4-5-3-6-1-2-7-5;1-2/h6H,1-5H2;1-4H;1H2. The molecule has 0 spiro atoms. The van der Waals surface area contributed by atoms with Gasteiger partial charge in [0.25, 0.3) is 0 Å². The minimum atomic E-state index is 0.368. The molecule has 2 rings (SSSR count). The molecule has 1 aliphatic heterocycles. The van der Waals surface area contributed by atoms with Crippen molar-refractivity contribution in [2.75, 3.05) is 13.1 Å². The van der Waals surface area contributed by atoms with Gasteiger partial charge in [-0.15, -0.1) is 0 Å². The summed E-state index contributed by atoms with van der Waals surface area (Å²) < 4.78 is 0. The fourth-order valence-electron chi connectivity index (χ4n) is 1.40. The van der Waals surface area contributed by atoms with E-state index >= 15 is 0 Å². The largest absolute Gasteiger partial charge is 0.345 e. The second-order valence-electron chi connectivity index (χ2n) is 3.45. The van der Waals surface area contributed by atoms with E-state index in [-0.39, 0.29) is 0 Å². The summed E-state index contributed by atoms with van der Waals surface area (Å²) in [6, 6.07) is 0. The summed E-state index contributed by atoms with van der Waals surface area (Å²) >= 11 is 0. The zero-order valence-electron chi connectivity index (χ0n) is 10.2. The maximum Gasteiger partial charge on any atom is 0.209 e. The smallest absolute Gasteiger partial charge is 0.209 e. The highest BCUT2D eigenvalue weighted by Crippen LogP contribution is 2.05. The van der Waals surface area contributed by atoms with Crippen LogP contribution in [0.3, 0.4) is 0 Å². The first-order valence-corrected chi connectivity index (χ1v) is 5.56. The topological polar surface area (TPSA) is 80.2 Å². The van der Waals surface area contributed by atoms with Crippen LogP contribution < -0.4 is 0 Å². The molecule has 0 saturated carbocycles. The second kappa shape index (κ2) is 11.4. The predicted molar refractivity (Wildman–Crippen MR) is 66.0 cm³/mol. The van der Waals surface area contributed by atoms with E-state index in [2.05, 4.69) is 9.97 Å². The number of amides is 1. The Hall–Kier alpha value is -2.11. The van der Waals surface area contributed by atoms with Gasteiger partial charge in [-0.1, -0.05) is 0 Å². The molecule has 1 saturated heterocycles. The van der Waals surface area contributed by atoms with Gasteiger partial charge in [0.15, 0.2) is 6.29 Å². The number of nitrogens with zero attached hydrogens (tertiary/aromatic N) is 3. The van der Waals surface area contributed by atoms with Crippen LogP contribution in [-0.2, 0) is 9.59 Å². The van der Waals surface area contributed by atoms with E-state index in [4.69, 9.17) is 4.79 Å². The van der Waals surface area contributed by atoms with Crippen LogP contribution in [0, 0.1) is 0 Å². The summed E-state index contributed by atoms with van der Waals surface area (Å²) in [6.07, 6.45) is 9.69. The van der Waals surface area contributed by atoms with Crippen LogP contribution >= 0.6 is 0 Å². The lowest BCUT2D eigenvalue weighted by atomic mass is 10.1. The van der Waals surface area contributed by atoms with Crippen molar-refractivity contribution in [2.45, 2.75) is 19.3 Å². The summed E-state index contributed by atoms with van der Waals surface area (Å²) in [5.41, 5.74) is 0.368. The van der Waals surface area contributed by atoms with Crippen molar-refractivity contribution >= 4 is 19.5 Å². The third kappa shape index (κ3) is 7.21. The quantitative estimate of drug-likeness (QED) is 0.724. The Balaban J connectivity index is 0.000000283. The Morgan fingerprint density at radius 2 is 1.78 bits per heavy atom. The van der Waals surface area contributed by atoms with Crippen LogP contribution in [-0.4, -0.2) is 47.4 Å². The van der Waals surface area contributed by atoms with Crippen molar-refractivity contribution in [1.82, 2.24) is 14.9 Å². The number of aldehydes is 1. The summed E-state index contributed by atoms with van der Waals surface area (Å²) in [5, 5.41) is 0. The number of carbonyl (C=O) groups excluding carboxylic acids is 3.